The fourth-order valence-electron chi connectivity index (χ4n) is 2.95. The van der Waals surface area contributed by atoms with E-state index in [1.165, 1.54) is 25.2 Å². The molecule has 0 atom stereocenters. The highest BCUT2D eigenvalue weighted by Crippen LogP contribution is 2.29. The van der Waals surface area contributed by atoms with Crippen LogP contribution in [-0.2, 0) is 0 Å². The summed E-state index contributed by atoms with van der Waals surface area (Å²) < 4.78 is 56.5. The van der Waals surface area contributed by atoms with Crippen LogP contribution in [0.5, 0.6) is 5.75 Å². The monoisotopic (exact) mass is 548 g/mol. The molecule has 7 nitrogen and oxygen atoms in total. The van der Waals surface area contributed by atoms with Crippen molar-refractivity contribution in [1.82, 2.24) is 15.1 Å². The van der Waals surface area contributed by atoms with Crippen LogP contribution in [0.3, 0.4) is 0 Å². The average molecular weight is 550 g/mol. The van der Waals surface area contributed by atoms with Gasteiger partial charge in [0.25, 0.3) is 11.8 Å². The predicted molar refractivity (Wildman–Crippen MR) is 115 cm³/mol. The number of nitrogens with zero attached hydrogens (tertiary/aromatic N) is 2. The average Bonchev–Trinajstić information content (AvgIpc) is 3.09. The van der Waals surface area contributed by atoms with Crippen LogP contribution >= 0.6 is 27.5 Å². The highest BCUT2D eigenvalue weighted by Gasteiger charge is 2.31. The summed E-state index contributed by atoms with van der Waals surface area (Å²) in [6, 6.07) is 6.57. The molecule has 0 aliphatic heterocycles. The van der Waals surface area contributed by atoms with Gasteiger partial charge in [-0.1, -0.05) is 11.6 Å². The van der Waals surface area contributed by atoms with Crippen molar-refractivity contribution in [3.63, 3.8) is 0 Å². The molecule has 33 heavy (non-hydrogen) atoms. The lowest BCUT2D eigenvalue weighted by Gasteiger charge is -2.15. The van der Waals surface area contributed by atoms with Gasteiger partial charge in [0.15, 0.2) is 5.82 Å². The second kappa shape index (κ2) is 9.40. The van der Waals surface area contributed by atoms with Crippen molar-refractivity contribution < 1.29 is 31.9 Å². The summed E-state index contributed by atoms with van der Waals surface area (Å²) in [5.41, 5.74) is 0.282. The van der Waals surface area contributed by atoms with E-state index >= 15 is 0 Å². The molecule has 0 saturated carbocycles. The third-order valence-corrected chi connectivity index (χ3v) is 4.91. The number of aryl methyl sites for hydroxylation is 1. The maximum atomic E-state index is 14.6. The number of alkyl halides is 3. The number of rotatable bonds is 5. The number of benzene rings is 2. The molecule has 13 heteroatoms. The Kier molecular flexibility index (Phi) is 6.98. The number of ether oxygens (including phenoxy) is 1. The van der Waals surface area contributed by atoms with E-state index in [9.17, 15) is 27.2 Å². The highest BCUT2D eigenvalue weighted by molar-refractivity contribution is 9.10. The van der Waals surface area contributed by atoms with Gasteiger partial charge >= 0.3 is 6.36 Å². The van der Waals surface area contributed by atoms with Crippen LogP contribution in [0, 0.1) is 12.7 Å². The van der Waals surface area contributed by atoms with Crippen molar-refractivity contribution in [3.8, 4) is 11.4 Å². The standard InChI is InChI=1S/C20H14BrClF4N4O3/c1-9-5-10(22)6-12(18(31)27-2)17(9)28-19(32)15-8-16(21)29-30(15)14-4-3-11(7-13(14)23)33-20(24,25)26/h3-8H,1-2H3,(H,27,31)(H,28,32). The van der Waals surface area contributed by atoms with E-state index in [0.717, 1.165) is 16.8 Å². The third-order valence-electron chi connectivity index (χ3n) is 4.30. The van der Waals surface area contributed by atoms with Crippen molar-refractivity contribution >= 4 is 45.0 Å². The number of hydrogen-bond acceptors (Lipinski definition) is 4. The van der Waals surface area contributed by atoms with Crippen LogP contribution in [0.2, 0.25) is 5.02 Å². The minimum atomic E-state index is -4.99. The number of carbonyl (C=O) groups excluding carboxylic acids is 2. The quantitative estimate of drug-likeness (QED) is 0.426. The van der Waals surface area contributed by atoms with E-state index in [1.807, 2.05) is 0 Å². The molecule has 2 aromatic carbocycles. The Morgan fingerprint density at radius 3 is 2.45 bits per heavy atom. The van der Waals surface area contributed by atoms with Gasteiger partial charge in [-0.3, -0.25) is 9.59 Å². The van der Waals surface area contributed by atoms with Gasteiger partial charge in [-0.05, 0) is 52.7 Å². The summed E-state index contributed by atoms with van der Waals surface area (Å²) in [5.74, 6) is -3.15. The molecule has 3 rings (SSSR count). The highest BCUT2D eigenvalue weighted by atomic mass is 79.9. The van der Waals surface area contributed by atoms with Gasteiger partial charge in [0.1, 0.15) is 21.7 Å². The second-order valence-corrected chi connectivity index (χ2v) is 7.85. The molecule has 2 amide bonds. The number of halogens is 6. The van der Waals surface area contributed by atoms with Crippen molar-refractivity contribution in [2.24, 2.45) is 0 Å². The van der Waals surface area contributed by atoms with Crippen molar-refractivity contribution in [1.29, 1.82) is 0 Å². The van der Waals surface area contributed by atoms with Crippen molar-refractivity contribution in [2.45, 2.75) is 13.3 Å². The van der Waals surface area contributed by atoms with Gasteiger partial charge in [-0.25, -0.2) is 9.07 Å². The maximum absolute atomic E-state index is 14.6. The number of hydrogen-bond donors (Lipinski definition) is 2. The molecule has 3 aromatic rings. The van der Waals surface area contributed by atoms with Crippen LogP contribution in [-0.4, -0.2) is 35.0 Å². The number of carbonyl (C=O) groups is 2. The van der Waals surface area contributed by atoms with Crippen molar-refractivity contribution in [3.05, 3.63) is 68.7 Å². The number of aromatic nitrogens is 2. The zero-order chi connectivity index (χ0) is 24.5. The largest absolute Gasteiger partial charge is 0.573 e. The van der Waals surface area contributed by atoms with E-state index in [1.54, 1.807) is 6.92 Å². The van der Waals surface area contributed by atoms with Crippen LogP contribution in [0.4, 0.5) is 23.2 Å². The molecule has 1 heterocycles. The fraction of sp³-hybridized carbons (Fsp3) is 0.150. The number of anilines is 1. The van der Waals surface area contributed by atoms with Gasteiger partial charge in [0, 0.05) is 24.2 Å². The summed E-state index contributed by atoms with van der Waals surface area (Å²) >= 11 is 9.12. The van der Waals surface area contributed by atoms with Gasteiger partial charge in [0.05, 0.1) is 11.3 Å². The Balaban J connectivity index is 2.00. The third kappa shape index (κ3) is 5.63. The summed E-state index contributed by atoms with van der Waals surface area (Å²) in [7, 11) is 1.41. The first-order valence-corrected chi connectivity index (χ1v) is 10.2. The Labute approximate surface area is 197 Å². The van der Waals surface area contributed by atoms with E-state index in [-0.39, 0.29) is 32.3 Å². The molecule has 1 aromatic heterocycles. The lowest BCUT2D eigenvalue weighted by atomic mass is 10.1. The lowest BCUT2D eigenvalue weighted by Crippen LogP contribution is -2.23. The van der Waals surface area contributed by atoms with E-state index in [4.69, 9.17) is 11.6 Å². The zero-order valence-electron chi connectivity index (χ0n) is 16.9. The summed E-state index contributed by atoms with van der Waals surface area (Å²) in [6.07, 6.45) is -4.99. The van der Waals surface area contributed by atoms with Crippen LogP contribution in [0.15, 0.2) is 41.0 Å². The van der Waals surface area contributed by atoms with E-state index < -0.39 is 29.7 Å². The Morgan fingerprint density at radius 2 is 1.85 bits per heavy atom. The first kappa shape index (κ1) is 24.5. The van der Waals surface area contributed by atoms with Crippen LogP contribution in [0.25, 0.3) is 5.69 Å². The summed E-state index contributed by atoms with van der Waals surface area (Å²) in [5, 5.41) is 9.30. The fourth-order valence-corrected chi connectivity index (χ4v) is 3.60. The molecule has 174 valence electrons. The Morgan fingerprint density at radius 1 is 1.15 bits per heavy atom. The molecular weight excluding hydrogens is 536 g/mol. The molecular formula is C20H14BrClF4N4O3. The predicted octanol–water partition coefficient (Wildman–Crippen LogP) is 5.25. The second-order valence-electron chi connectivity index (χ2n) is 6.60. The minimum absolute atomic E-state index is 0.0980. The SMILES string of the molecule is CNC(=O)c1cc(Cl)cc(C)c1NC(=O)c1cc(Br)nn1-c1ccc(OC(F)(F)F)cc1F. The Hall–Kier alpha value is -3.12. The molecule has 0 fully saturated rings. The molecule has 0 spiro atoms. The van der Waals surface area contributed by atoms with Gasteiger partial charge in [0.2, 0.25) is 0 Å². The Bertz CT molecular complexity index is 1250. The zero-order valence-corrected chi connectivity index (χ0v) is 19.2. The summed E-state index contributed by atoms with van der Waals surface area (Å²) in [4.78, 5) is 25.3. The van der Waals surface area contributed by atoms with Crippen LogP contribution < -0.4 is 15.4 Å². The molecule has 0 aliphatic rings. The molecule has 0 radical (unpaired) electrons. The minimum Gasteiger partial charge on any atom is -0.406 e. The van der Waals surface area contributed by atoms with E-state index in [2.05, 4.69) is 36.4 Å². The normalized spacial score (nSPS) is 11.3. The molecule has 0 saturated heterocycles. The first-order valence-electron chi connectivity index (χ1n) is 9.04. The summed E-state index contributed by atoms with van der Waals surface area (Å²) in [6.45, 7) is 1.63. The van der Waals surface area contributed by atoms with E-state index in [0.29, 0.717) is 11.6 Å². The van der Waals surface area contributed by atoms with Gasteiger partial charge < -0.3 is 15.4 Å². The van der Waals surface area contributed by atoms with Gasteiger partial charge in [-0.2, -0.15) is 5.10 Å². The van der Waals surface area contributed by atoms with Crippen LogP contribution in [0.1, 0.15) is 26.4 Å². The molecule has 0 aliphatic carbocycles. The number of amides is 2. The van der Waals surface area contributed by atoms with Gasteiger partial charge in [-0.15, -0.1) is 13.2 Å². The molecule has 0 bridgehead atoms. The smallest absolute Gasteiger partial charge is 0.406 e. The molecule has 2 N–H and O–H groups in total. The number of nitrogens with one attached hydrogen (secondary N) is 2. The van der Waals surface area contributed by atoms with Crippen molar-refractivity contribution in [2.75, 3.05) is 12.4 Å². The maximum Gasteiger partial charge on any atom is 0.573 e. The first-order chi connectivity index (χ1) is 15.4. The lowest BCUT2D eigenvalue weighted by molar-refractivity contribution is -0.274. The molecule has 0 unspecified atom stereocenters. The topological polar surface area (TPSA) is 85.3 Å².